The number of hydrogen-bond acceptors (Lipinski definition) is 6. The minimum absolute atomic E-state index is 0.0767. The molecule has 0 radical (unpaired) electrons. The van der Waals surface area contributed by atoms with Crippen LogP contribution in [0.25, 0.3) is 0 Å². The van der Waals surface area contributed by atoms with Crippen LogP contribution in [0, 0.1) is 5.92 Å². The highest BCUT2D eigenvalue weighted by Crippen LogP contribution is 2.45. The summed E-state index contributed by atoms with van der Waals surface area (Å²) < 4.78 is 5.52. The van der Waals surface area contributed by atoms with Crippen LogP contribution in [-0.2, 0) is 26.6 Å². The van der Waals surface area contributed by atoms with E-state index < -0.39 is 5.60 Å². The Morgan fingerprint density at radius 1 is 1.55 bits per heavy atom. The molecular weight excluding hydrogens is 320 g/mol. The summed E-state index contributed by atoms with van der Waals surface area (Å²) in [7, 11) is 0. The van der Waals surface area contributed by atoms with Gasteiger partial charge in [-0.1, -0.05) is 0 Å². The molecule has 3 rings (SSSR count). The highest BCUT2D eigenvalue weighted by atomic mass is 32.2. The lowest BCUT2D eigenvalue weighted by atomic mass is 9.85. The van der Waals surface area contributed by atoms with Crippen LogP contribution in [0.2, 0.25) is 0 Å². The third kappa shape index (κ3) is 3.15. The average molecular weight is 340 g/mol. The fraction of sp³-hybridized carbons (Fsp3) is 0.667. The molecule has 1 saturated carbocycles. The van der Waals surface area contributed by atoms with Crippen LogP contribution in [0.5, 0.6) is 0 Å². The third-order valence-corrected chi connectivity index (χ3v) is 6.04. The van der Waals surface area contributed by atoms with Crippen molar-refractivity contribution in [1.82, 2.24) is 10.3 Å². The Morgan fingerprint density at radius 3 is 3.05 bits per heavy atom. The van der Waals surface area contributed by atoms with Gasteiger partial charge < -0.3 is 10.1 Å². The van der Waals surface area contributed by atoms with Crippen LogP contribution in [-0.4, -0.2) is 28.7 Å². The van der Waals surface area contributed by atoms with Crippen molar-refractivity contribution in [2.45, 2.75) is 50.0 Å². The van der Waals surface area contributed by atoms with Gasteiger partial charge in [0.15, 0.2) is 0 Å². The Balaban J connectivity index is 1.60. The molecule has 1 aliphatic carbocycles. The Kier molecular flexibility index (Phi) is 4.73. The molecule has 0 aromatic carbocycles. The van der Waals surface area contributed by atoms with Crippen LogP contribution in [0.15, 0.2) is 5.38 Å². The molecule has 1 N–H and O–H groups in total. The first kappa shape index (κ1) is 15.8. The summed E-state index contributed by atoms with van der Waals surface area (Å²) in [5, 5.41) is 5.99. The van der Waals surface area contributed by atoms with E-state index in [4.69, 9.17) is 4.74 Å². The third-order valence-electron chi connectivity index (χ3n) is 4.40. The van der Waals surface area contributed by atoms with Gasteiger partial charge >= 0.3 is 5.97 Å². The largest absolute Gasteiger partial charge is 0.458 e. The molecule has 1 spiro atoms. The van der Waals surface area contributed by atoms with Crippen molar-refractivity contribution in [3.63, 3.8) is 0 Å². The van der Waals surface area contributed by atoms with E-state index in [1.54, 1.807) is 23.1 Å². The molecule has 22 heavy (non-hydrogen) atoms. The zero-order chi connectivity index (χ0) is 15.6. The van der Waals surface area contributed by atoms with Gasteiger partial charge in [-0.2, -0.15) is 11.8 Å². The molecule has 1 atom stereocenters. The first-order chi connectivity index (χ1) is 10.6. The Bertz CT molecular complexity index is 567. The number of aromatic nitrogens is 1. The van der Waals surface area contributed by atoms with Gasteiger partial charge in [-0.15, -0.1) is 11.3 Å². The lowest BCUT2D eigenvalue weighted by molar-refractivity contribution is -0.149. The summed E-state index contributed by atoms with van der Waals surface area (Å²) in [6, 6.07) is 0. The molecule has 0 bridgehead atoms. The zero-order valence-corrected chi connectivity index (χ0v) is 14.2. The van der Waals surface area contributed by atoms with Crippen molar-refractivity contribution >= 4 is 35.0 Å². The van der Waals surface area contributed by atoms with Crippen LogP contribution in [0.1, 0.15) is 42.8 Å². The lowest BCUT2D eigenvalue weighted by Gasteiger charge is -2.27. The molecule has 5 nitrogen and oxygen atoms in total. The first-order valence-electron chi connectivity index (χ1n) is 7.55. The Labute approximate surface area is 138 Å². The van der Waals surface area contributed by atoms with Crippen LogP contribution < -0.4 is 5.32 Å². The maximum atomic E-state index is 12.5. The van der Waals surface area contributed by atoms with Crippen LogP contribution >= 0.6 is 23.1 Å². The fourth-order valence-corrected chi connectivity index (χ4v) is 4.88. The number of thiazole rings is 1. The van der Waals surface area contributed by atoms with E-state index in [1.165, 1.54) is 0 Å². The number of nitrogens with one attached hydrogen (secondary N) is 1. The maximum Gasteiger partial charge on any atom is 0.307 e. The van der Waals surface area contributed by atoms with Crippen molar-refractivity contribution in [2.75, 3.05) is 6.26 Å². The Morgan fingerprint density at radius 2 is 2.32 bits per heavy atom. The average Bonchev–Trinajstić information content (AvgIpc) is 3.19. The number of nitrogens with zero attached hydrogens (tertiary/aromatic N) is 1. The van der Waals surface area contributed by atoms with E-state index >= 15 is 0 Å². The summed E-state index contributed by atoms with van der Waals surface area (Å²) in [4.78, 5) is 28.6. The zero-order valence-electron chi connectivity index (χ0n) is 12.6. The van der Waals surface area contributed by atoms with Crippen molar-refractivity contribution < 1.29 is 14.3 Å². The topological polar surface area (TPSA) is 68.3 Å². The highest BCUT2D eigenvalue weighted by Gasteiger charge is 2.53. The molecule has 1 aliphatic heterocycles. The highest BCUT2D eigenvalue weighted by molar-refractivity contribution is 7.97. The quantitative estimate of drug-likeness (QED) is 0.834. The second-order valence-corrected chi connectivity index (χ2v) is 7.69. The monoisotopic (exact) mass is 340 g/mol. The molecule has 1 amide bonds. The number of thioether (sulfide) groups is 1. The van der Waals surface area contributed by atoms with Crippen LogP contribution in [0.3, 0.4) is 0 Å². The number of carbonyl (C=O) groups is 2. The molecule has 0 unspecified atom stereocenters. The SMILES string of the molecule is CSCc1nc(CNC(=O)[C@H]2CC(=O)OC23CCCC3)cs1. The predicted molar refractivity (Wildman–Crippen MR) is 86.6 cm³/mol. The predicted octanol–water partition coefficient (Wildman–Crippen LogP) is 2.50. The number of rotatable bonds is 5. The minimum atomic E-state index is -0.534. The van der Waals surface area contributed by atoms with Crippen molar-refractivity contribution in [3.8, 4) is 0 Å². The number of ether oxygens (including phenoxy) is 1. The van der Waals surface area contributed by atoms with Gasteiger partial charge in [0.1, 0.15) is 10.6 Å². The van der Waals surface area contributed by atoms with Gasteiger partial charge in [0.25, 0.3) is 0 Å². The van der Waals surface area contributed by atoms with Gasteiger partial charge in [0.2, 0.25) is 5.91 Å². The number of esters is 1. The summed E-state index contributed by atoms with van der Waals surface area (Å²) >= 11 is 3.35. The van der Waals surface area contributed by atoms with Gasteiger partial charge in [-0.05, 0) is 31.9 Å². The van der Waals surface area contributed by atoms with Crippen molar-refractivity contribution in [2.24, 2.45) is 5.92 Å². The number of carbonyl (C=O) groups excluding carboxylic acids is 2. The summed E-state index contributed by atoms with van der Waals surface area (Å²) in [5.41, 5.74) is 0.348. The lowest BCUT2D eigenvalue weighted by Crippen LogP contribution is -2.42. The Hall–Kier alpha value is -1.08. The van der Waals surface area contributed by atoms with E-state index in [-0.39, 0.29) is 24.2 Å². The fourth-order valence-electron chi connectivity index (χ4n) is 3.37. The van der Waals surface area contributed by atoms with Crippen molar-refractivity contribution in [3.05, 3.63) is 16.1 Å². The first-order valence-corrected chi connectivity index (χ1v) is 9.82. The maximum absolute atomic E-state index is 12.5. The molecule has 2 heterocycles. The molecule has 2 aliphatic rings. The molecule has 1 saturated heterocycles. The standard InChI is InChI=1S/C15H20N2O3S2/c1-21-9-12-17-10(8-22-12)7-16-14(19)11-6-13(18)20-15(11)4-2-3-5-15/h8,11H,2-7,9H2,1H3,(H,16,19)/t11-/m1/s1. The van der Waals surface area contributed by atoms with E-state index in [0.29, 0.717) is 6.54 Å². The molecule has 120 valence electrons. The van der Waals surface area contributed by atoms with Crippen LogP contribution in [0.4, 0.5) is 0 Å². The van der Waals surface area contributed by atoms with E-state index in [9.17, 15) is 9.59 Å². The molecule has 1 aromatic rings. The smallest absolute Gasteiger partial charge is 0.307 e. The molecule has 7 heteroatoms. The second-order valence-electron chi connectivity index (χ2n) is 5.89. The van der Waals surface area contributed by atoms with E-state index in [2.05, 4.69) is 10.3 Å². The summed E-state index contributed by atoms with van der Waals surface area (Å²) in [5.74, 6) is 0.240. The number of hydrogen-bond donors (Lipinski definition) is 1. The summed E-state index contributed by atoms with van der Waals surface area (Å²) in [6.45, 7) is 0.421. The van der Waals surface area contributed by atoms with Gasteiger partial charge in [-0.3, -0.25) is 9.59 Å². The van der Waals surface area contributed by atoms with E-state index in [1.807, 2.05) is 11.6 Å². The van der Waals surface area contributed by atoms with Crippen molar-refractivity contribution in [1.29, 1.82) is 0 Å². The van der Waals surface area contributed by atoms with Gasteiger partial charge in [0.05, 0.1) is 24.6 Å². The minimum Gasteiger partial charge on any atom is -0.458 e. The summed E-state index contributed by atoms with van der Waals surface area (Å²) in [6.07, 6.45) is 5.93. The normalized spacial score (nSPS) is 23.0. The molecule has 1 aromatic heterocycles. The van der Waals surface area contributed by atoms with Gasteiger partial charge in [-0.25, -0.2) is 4.98 Å². The molecule has 2 fully saturated rings. The van der Waals surface area contributed by atoms with E-state index in [0.717, 1.165) is 42.1 Å². The number of amides is 1. The second kappa shape index (κ2) is 6.58. The molecular formula is C15H20N2O3S2. The van der Waals surface area contributed by atoms with Gasteiger partial charge in [0, 0.05) is 11.1 Å².